The Kier molecular flexibility index (Phi) is 2.44. The van der Waals surface area contributed by atoms with Gasteiger partial charge in [-0.2, -0.15) is 13.8 Å². The number of halogens is 2. The lowest BCUT2D eigenvalue weighted by atomic mass is 10.1. The summed E-state index contributed by atoms with van der Waals surface area (Å²) in [6.45, 7) is 0. The van der Waals surface area contributed by atoms with Crippen molar-refractivity contribution in [1.82, 2.24) is 19.9 Å². The third-order valence-electron chi connectivity index (χ3n) is 3.35. The minimum Gasteiger partial charge on any atom is -0.339 e. The molecule has 102 valence electrons. The monoisotopic (exact) mass is 281 g/mol. The molecule has 0 atom stereocenters. The van der Waals surface area contributed by atoms with Crippen molar-refractivity contribution in [2.75, 3.05) is 0 Å². The number of H-pyrrole nitrogens is 1. The Bertz CT molecular complexity index is 978. The molecule has 0 saturated carbocycles. The van der Waals surface area contributed by atoms with Gasteiger partial charge in [0.2, 0.25) is 11.9 Å². The molecule has 0 fully saturated rings. The van der Waals surface area contributed by atoms with E-state index in [9.17, 15) is 8.78 Å². The third kappa shape index (κ3) is 1.84. The molecule has 4 aromatic rings. The summed E-state index contributed by atoms with van der Waals surface area (Å²) in [7, 11) is 0. The molecule has 0 aromatic carbocycles. The lowest BCUT2D eigenvalue weighted by molar-refractivity contribution is 0.515. The second-order valence-electron chi connectivity index (χ2n) is 4.61. The highest BCUT2D eigenvalue weighted by Crippen LogP contribution is 2.27. The van der Waals surface area contributed by atoms with Crippen molar-refractivity contribution in [2.24, 2.45) is 0 Å². The number of hydrogen-bond acceptors (Lipinski definition) is 3. The van der Waals surface area contributed by atoms with Crippen molar-refractivity contribution in [3.8, 4) is 11.3 Å². The number of aromatic amines is 1. The summed E-state index contributed by atoms with van der Waals surface area (Å²) in [5.74, 6) is -1.73. The van der Waals surface area contributed by atoms with Crippen LogP contribution in [0.3, 0.4) is 0 Å². The Morgan fingerprint density at radius 2 is 1.81 bits per heavy atom. The van der Waals surface area contributed by atoms with Crippen LogP contribution in [0, 0.1) is 11.9 Å². The van der Waals surface area contributed by atoms with E-state index in [1.165, 1.54) is 6.07 Å². The first kappa shape index (κ1) is 11.9. The van der Waals surface area contributed by atoms with Gasteiger partial charge in [-0.15, -0.1) is 0 Å². The molecule has 0 aliphatic carbocycles. The molecule has 0 saturated heterocycles. The highest BCUT2D eigenvalue weighted by molar-refractivity contribution is 6.05. The summed E-state index contributed by atoms with van der Waals surface area (Å²) >= 11 is 0. The molecule has 0 amide bonds. The van der Waals surface area contributed by atoms with Crippen LogP contribution in [0.2, 0.25) is 0 Å². The van der Waals surface area contributed by atoms with E-state index in [1.807, 2.05) is 12.1 Å². The lowest BCUT2D eigenvalue weighted by Gasteiger charge is -2.02. The molecule has 21 heavy (non-hydrogen) atoms. The third-order valence-corrected chi connectivity index (χ3v) is 3.35. The maximum atomic E-state index is 13.7. The molecular formula is C15H8F2N4. The summed E-state index contributed by atoms with van der Waals surface area (Å²) in [5, 5.41) is 1.85. The molecule has 0 spiro atoms. The van der Waals surface area contributed by atoms with Gasteiger partial charge in [0.05, 0.1) is 16.8 Å². The first-order chi connectivity index (χ1) is 10.2. The summed E-state index contributed by atoms with van der Waals surface area (Å²) in [5.41, 5.74) is 2.09. The van der Waals surface area contributed by atoms with Crippen molar-refractivity contribution in [3.63, 3.8) is 0 Å². The van der Waals surface area contributed by atoms with Crippen LogP contribution < -0.4 is 0 Å². The summed E-state index contributed by atoms with van der Waals surface area (Å²) in [4.78, 5) is 14.8. The highest BCUT2D eigenvalue weighted by atomic mass is 19.1. The standard InChI is InChI=1S/C15H8F2N4/c16-13-4-2-9(14(17)21-13)11-3-1-8-10-7-18-6-5-12(10)20-15(8)19-11/h1-7H,(H,19,20)/i17-1. The number of aromatic nitrogens is 4. The molecular weight excluding hydrogens is 273 g/mol. The summed E-state index contributed by atoms with van der Waals surface area (Å²) in [6.07, 6.45) is 3.43. The smallest absolute Gasteiger partial charge is 0.224 e. The van der Waals surface area contributed by atoms with Crippen LogP contribution >= 0.6 is 0 Å². The maximum Gasteiger partial charge on any atom is 0.224 e. The van der Waals surface area contributed by atoms with Crippen LogP contribution in [0.15, 0.2) is 42.7 Å². The van der Waals surface area contributed by atoms with Crippen LogP contribution in [0.4, 0.5) is 8.78 Å². The summed E-state index contributed by atoms with van der Waals surface area (Å²) in [6, 6.07) is 7.80. The van der Waals surface area contributed by atoms with Crippen molar-refractivity contribution in [3.05, 3.63) is 54.6 Å². The molecule has 0 radical (unpaired) electrons. The lowest BCUT2D eigenvalue weighted by Crippen LogP contribution is -1.94. The zero-order valence-electron chi connectivity index (χ0n) is 10.6. The van der Waals surface area contributed by atoms with Crippen molar-refractivity contribution < 1.29 is 8.78 Å². The SMILES string of the molecule is Fc1ccc(-c2ccc3c(n2)[nH]c2ccncc23)c([18F])n1. The van der Waals surface area contributed by atoms with Crippen LogP contribution in [-0.4, -0.2) is 19.9 Å². The molecule has 4 aromatic heterocycles. The fraction of sp³-hybridized carbons (Fsp3) is 0. The van der Waals surface area contributed by atoms with Gasteiger partial charge in [0, 0.05) is 23.2 Å². The molecule has 4 rings (SSSR count). The van der Waals surface area contributed by atoms with Gasteiger partial charge in [0.15, 0.2) is 0 Å². The van der Waals surface area contributed by atoms with E-state index in [0.717, 1.165) is 22.4 Å². The zero-order valence-corrected chi connectivity index (χ0v) is 10.6. The molecule has 4 heterocycles. The van der Waals surface area contributed by atoms with Gasteiger partial charge in [-0.05, 0) is 30.3 Å². The fourth-order valence-corrected chi connectivity index (χ4v) is 2.37. The second kappa shape index (κ2) is 4.31. The van der Waals surface area contributed by atoms with E-state index in [4.69, 9.17) is 0 Å². The average Bonchev–Trinajstić information content (AvgIpc) is 2.84. The molecule has 0 unspecified atom stereocenters. The first-order valence-corrected chi connectivity index (χ1v) is 6.27. The summed E-state index contributed by atoms with van der Waals surface area (Å²) < 4.78 is 26.6. The topological polar surface area (TPSA) is 54.5 Å². The quantitative estimate of drug-likeness (QED) is 0.544. The Morgan fingerprint density at radius 1 is 0.905 bits per heavy atom. The molecule has 6 heteroatoms. The first-order valence-electron chi connectivity index (χ1n) is 6.27. The van der Waals surface area contributed by atoms with Gasteiger partial charge in [-0.3, -0.25) is 4.98 Å². The van der Waals surface area contributed by atoms with E-state index < -0.39 is 11.9 Å². The van der Waals surface area contributed by atoms with Crippen LogP contribution in [0.5, 0.6) is 0 Å². The second-order valence-corrected chi connectivity index (χ2v) is 4.61. The van der Waals surface area contributed by atoms with Gasteiger partial charge in [0.25, 0.3) is 0 Å². The van der Waals surface area contributed by atoms with E-state index in [-0.39, 0.29) is 5.56 Å². The molecule has 1 N–H and O–H groups in total. The van der Waals surface area contributed by atoms with Gasteiger partial charge >= 0.3 is 0 Å². The number of hydrogen-bond donors (Lipinski definition) is 1. The van der Waals surface area contributed by atoms with Crippen molar-refractivity contribution in [2.45, 2.75) is 0 Å². The number of rotatable bonds is 1. The predicted molar refractivity (Wildman–Crippen MR) is 74.5 cm³/mol. The van der Waals surface area contributed by atoms with Gasteiger partial charge < -0.3 is 4.98 Å². The van der Waals surface area contributed by atoms with Crippen LogP contribution in [-0.2, 0) is 0 Å². The van der Waals surface area contributed by atoms with E-state index in [2.05, 4.69) is 19.9 Å². The van der Waals surface area contributed by atoms with Crippen molar-refractivity contribution >= 4 is 21.9 Å². The zero-order chi connectivity index (χ0) is 14.4. The number of nitrogens with zero attached hydrogens (tertiary/aromatic N) is 3. The van der Waals surface area contributed by atoms with E-state index in [0.29, 0.717) is 11.3 Å². The predicted octanol–water partition coefficient (Wildman–Crippen LogP) is 3.45. The largest absolute Gasteiger partial charge is 0.339 e. The molecule has 4 nitrogen and oxygen atoms in total. The Hall–Kier alpha value is -2.89. The number of fused-ring (bicyclic) bond motifs is 3. The Morgan fingerprint density at radius 3 is 2.67 bits per heavy atom. The number of nitrogens with one attached hydrogen (secondary N) is 1. The molecule has 0 bridgehead atoms. The van der Waals surface area contributed by atoms with E-state index in [1.54, 1.807) is 18.5 Å². The molecule has 0 aliphatic rings. The minimum absolute atomic E-state index is 0.162. The van der Waals surface area contributed by atoms with Crippen LogP contribution in [0.1, 0.15) is 0 Å². The number of pyridine rings is 3. The fourth-order valence-electron chi connectivity index (χ4n) is 2.37. The van der Waals surface area contributed by atoms with Gasteiger partial charge in [-0.1, -0.05) is 0 Å². The maximum absolute atomic E-state index is 13.7. The molecule has 0 aliphatic heterocycles. The Labute approximate surface area is 117 Å². The van der Waals surface area contributed by atoms with Crippen LogP contribution in [0.25, 0.3) is 33.2 Å². The van der Waals surface area contributed by atoms with Gasteiger partial charge in [-0.25, -0.2) is 4.98 Å². The Balaban J connectivity index is 1.96. The minimum atomic E-state index is -0.875. The van der Waals surface area contributed by atoms with Crippen molar-refractivity contribution in [1.29, 1.82) is 0 Å². The van der Waals surface area contributed by atoms with Gasteiger partial charge in [0.1, 0.15) is 5.65 Å². The average molecular weight is 281 g/mol. The highest BCUT2D eigenvalue weighted by Gasteiger charge is 2.11. The van der Waals surface area contributed by atoms with E-state index >= 15 is 0 Å². The normalized spacial score (nSPS) is 11.3.